The first kappa shape index (κ1) is 12.6. The Kier molecular flexibility index (Phi) is 5.81. The van der Waals surface area contributed by atoms with Gasteiger partial charge >= 0.3 is 0 Å². The Bertz CT molecular complexity index is 260. The van der Waals surface area contributed by atoms with Gasteiger partial charge in [0.05, 0.1) is 0 Å². The van der Waals surface area contributed by atoms with Gasteiger partial charge in [0.2, 0.25) is 0 Å². The lowest BCUT2D eigenvalue weighted by Crippen LogP contribution is -2.07. The predicted octanol–water partition coefficient (Wildman–Crippen LogP) is 3.61. The Hall–Kier alpha value is -0.470. The van der Waals surface area contributed by atoms with Gasteiger partial charge in [-0.15, -0.1) is 0 Å². The van der Waals surface area contributed by atoms with Crippen LogP contribution in [0.4, 0.5) is 0 Å². The van der Waals surface area contributed by atoms with E-state index in [4.69, 9.17) is 5.73 Å². The Morgan fingerprint density at radius 1 is 1.27 bits per heavy atom. The van der Waals surface area contributed by atoms with Crippen LogP contribution in [0.25, 0.3) is 0 Å². The minimum atomic E-state index is 0.561. The summed E-state index contributed by atoms with van der Waals surface area (Å²) in [5, 5.41) is 1.27. The van der Waals surface area contributed by atoms with Crippen LogP contribution in [0.3, 0.4) is 0 Å². The largest absolute Gasteiger partial charge is 0.330 e. The Morgan fingerprint density at radius 3 is 2.47 bits per heavy atom. The molecule has 0 spiro atoms. The minimum Gasteiger partial charge on any atom is -0.330 e. The van der Waals surface area contributed by atoms with Gasteiger partial charge in [-0.1, -0.05) is 44.2 Å². The second kappa shape index (κ2) is 6.91. The summed E-state index contributed by atoms with van der Waals surface area (Å²) >= 11 is 2.04. The third-order valence-corrected chi connectivity index (χ3v) is 4.21. The first-order valence-corrected chi connectivity index (χ1v) is 6.62. The van der Waals surface area contributed by atoms with E-state index in [0.29, 0.717) is 10.5 Å². The van der Waals surface area contributed by atoms with Crippen molar-refractivity contribution < 1.29 is 0 Å². The van der Waals surface area contributed by atoms with Crippen molar-refractivity contribution in [2.75, 3.05) is 6.54 Å². The van der Waals surface area contributed by atoms with Crippen LogP contribution >= 0.6 is 11.8 Å². The van der Waals surface area contributed by atoms with Crippen LogP contribution in [-0.2, 0) is 0 Å². The summed E-state index contributed by atoms with van der Waals surface area (Å²) in [5.41, 5.74) is 7.08. The molecule has 0 fully saturated rings. The molecule has 0 aliphatic carbocycles. The molecule has 0 bridgehead atoms. The van der Waals surface area contributed by atoms with E-state index in [9.17, 15) is 0 Å². The monoisotopic (exact) mass is 223 g/mol. The van der Waals surface area contributed by atoms with E-state index in [1.165, 1.54) is 12.0 Å². The normalized spacial score (nSPS) is 14.9. The summed E-state index contributed by atoms with van der Waals surface area (Å²) in [4.78, 5) is 0. The molecule has 0 heterocycles. The van der Waals surface area contributed by atoms with Crippen molar-refractivity contribution in [1.29, 1.82) is 0 Å². The van der Waals surface area contributed by atoms with Crippen molar-refractivity contribution in [3.8, 4) is 0 Å². The Labute approximate surface area is 97.4 Å². The molecular formula is C13H21NS. The highest BCUT2D eigenvalue weighted by molar-refractivity contribution is 8.00. The number of rotatable bonds is 6. The van der Waals surface area contributed by atoms with Gasteiger partial charge in [0.25, 0.3) is 0 Å². The maximum atomic E-state index is 5.67. The second-order valence-corrected chi connectivity index (χ2v) is 5.48. The van der Waals surface area contributed by atoms with Crippen molar-refractivity contribution in [1.82, 2.24) is 0 Å². The van der Waals surface area contributed by atoms with Gasteiger partial charge in [-0.05, 0) is 24.9 Å². The molecule has 0 aliphatic rings. The van der Waals surface area contributed by atoms with Gasteiger partial charge in [-0.2, -0.15) is 11.8 Å². The average Bonchev–Trinajstić information content (AvgIpc) is 2.29. The molecule has 0 saturated heterocycles. The predicted molar refractivity (Wildman–Crippen MR) is 70.2 cm³/mol. The maximum absolute atomic E-state index is 5.67. The lowest BCUT2D eigenvalue weighted by Gasteiger charge is -2.19. The molecule has 1 nitrogen and oxygen atoms in total. The standard InChI is InChI=1S/C13H21NS/c1-3-11(2)15-13(9-10-14)12-7-5-4-6-8-12/h4-8,11,13H,3,9-10,14H2,1-2H3. The summed E-state index contributed by atoms with van der Waals surface area (Å²) in [6, 6.07) is 10.7. The third kappa shape index (κ3) is 4.27. The van der Waals surface area contributed by atoms with Crippen LogP contribution < -0.4 is 5.73 Å². The summed E-state index contributed by atoms with van der Waals surface area (Å²) in [5.74, 6) is 0. The van der Waals surface area contributed by atoms with Crippen LogP contribution in [0.2, 0.25) is 0 Å². The highest BCUT2D eigenvalue weighted by atomic mass is 32.2. The molecule has 2 atom stereocenters. The molecule has 0 saturated carbocycles. The molecule has 1 rings (SSSR count). The van der Waals surface area contributed by atoms with Crippen LogP contribution in [-0.4, -0.2) is 11.8 Å². The second-order valence-electron chi connectivity index (χ2n) is 3.83. The minimum absolute atomic E-state index is 0.561. The molecule has 2 unspecified atom stereocenters. The van der Waals surface area contributed by atoms with Gasteiger partial charge < -0.3 is 5.73 Å². The van der Waals surface area contributed by atoms with E-state index < -0.39 is 0 Å². The third-order valence-electron chi connectivity index (χ3n) is 2.57. The Balaban J connectivity index is 2.65. The number of benzene rings is 1. The van der Waals surface area contributed by atoms with E-state index in [2.05, 4.69) is 44.2 Å². The molecule has 2 heteroatoms. The quantitative estimate of drug-likeness (QED) is 0.797. The average molecular weight is 223 g/mol. The van der Waals surface area contributed by atoms with Gasteiger partial charge in [0, 0.05) is 10.5 Å². The topological polar surface area (TPSA) is 26.0 Å². The number of hydrogen-bond donors (Lipinski definition) is 1. The fourth-order valence-electron chi connectivity index (χ4n) is 1.51. The summed E-state index contributed by atoms with van der Waals surface area (Å²) in [6.45, 7) is 5.29. The van der Waals surface area contributed by atoms with Crippen LogP contribution in [0.5, 0.6) is 0 Å². The van der Waals surface area contributed by atoms with Gasteiger partial charge in [-0.25, -0.2) is 0 Å². The molecule has 84 valence electrons. The van der Waals surface area contributed by atoms with E-state index in [1.54, 1.807) is 0 Å². The van der Waals surface area contributed by atoms with Crippen LogP contribution in [0.15, 0.2) is 30.3 Å². The Morgan fingerprint density at radius 2 is 1.93 bits per heavy atom. The number of hydrogen-bond acceptors (Lipinski definition) is 2. The molecule has 0 amide bonds. The molecule has 1 aromatic rings. The number of thioether (sulfide) groups is 1. The summed E-state index contributed by atoms with van der Waals surface area (Å²) < 4.78 is 0. The van der Waals surface area contributed by atoms with E-state index in [-0.39, 0.29) is 0 Å². The first-order chi connectivity index (χ1) is 7.27. The molecule has 0 radical (unpaired) electrons. The molecule has 15 heavy (non-hydrogen) atoms. The fourth-order valence-corrected chi connectivity index (χ4v) is 2.85. The van der Waals surface area contributed by atoms with Gasteiger partial charge in [-0.3, -0.25) is 0 Å². The van der Waals surface area contributed by atoms with Gasteiger partial charge in [0.15, 0.2) is 0 Å². The summed E-state index contributed by atoms with van der Waals surface area (Å²) in [6.07, 6.45) is 2.29. The van der Waals surface area contributed by atoms with E-state index in [1.807, 2.05) is 11.8 Å². The first-order valence-electron chi connectivity index (χ1n) is 5.68. The molecule has 1 aromatic carbocycles. The maximum Gasteiger partial charge on any atom is 0.0311 e. The molecule has 0 aromatic heterocycles. The van der Waals surface area contributed by atoms with Crippen molar-refractivity contribution >= 4 is 11.8 Å². The van der Waals surface area contributed by atoms with Crippen LogP contribution in [0.1, 0.15) is 37.5 Å². The highest BCUT2D eigenvalue weighted by Gasteiger charge is 2.13. The smallest absolute Gasteiger partial charge is 0.0311 e. The van der Waals surface area contributed by atoms with E-state index >= 15 is 0 Å². The zero-order valence-corrected chi connectivity index (χ0v) is 10.5. The molecule has 0 aliphatic heterocycles. The van der Waals surface area contributed by atoms with Crippen molar-refractivity contribution in [3.63, 3.8) is 0 Å². The molecular weight excluding hydrogens is 202 g/mol. The van der Waals surface area contributed by atoms with Crippen molar-refractivity contribution in [2.45, 2.75) is 37.2 Å². The lowest BCUT2D eigenvalue weighted by atomic mass is 10.1. The fraction of sp³-hybridized carbons (Fsp3) is 0.538. The number of nitrogens with two attached hydrogens (primary N) is 1. The summed E-state index contributed by atoms with van der Waals surface area (Å²) in [7, 11) is 0. The van der Waals surface area contributed by atoms with Crippen molar-refractivity contribution in [2.24, 2.45) is 5.73 Å². The van der Waals surface area contributed by atoms with Crippen molar-refractivity contribution in [3.05, 3.63) is 35.9 Å². The van der Waals surface area contributed by atoms with Gasteiger partial charge in [0.1, 0.15) is 0 Å². The highest BCUT2D eigenvalue weighted by Crippen LogP contribution is 2.35. The van der Waals surface area contributed by atoms with E-state index in [0.717, 1.165) is 13.0 Å². The zero-order valence-electron chi connectivity index (χ0n) is 9.65. The SMILES string of the molecule is CCC(C)SC(CCN)c1ccccc1. The van der Waals surface area contributed by atoms with Crippen LogP contribution in [0, 0.1) is 0 Å². The molecule has 2 N–H and O–H groups in total. The lowest BCUT2D eigenvalue weighted by molar-refractivity contribution is 0.800. The zero-order chi connectivity index (χ0) is 11.1.